The maximum Gasteiger partial charge on any atom is 0.156 e. The predicted octanol–water partition coefficient (Wildman–Crippen LogP) is 2.81. The van der Waals surface area contributed by atoms with Crippen LogP contribution in [0.15, 0.2) is 47.1 Å². The number of benzene rings is 1. The van der Waals surface area contributed by atoms with E-state index in [1.807, 2.05) is 6.07 Å². The van der Waals surface area contributed by atoms with Crippen LogP contribution in [0.5, 0.6) is 0 Å². The number of hydrogen-bond donors (Lipinski definition) is 0. The highest BCUT2D eigenvalue weighted by molar-refractivity contribution is 5.46. The first-order valence-electron chi connectivity index (χ1n) is 6.95. The fourth-order valence-corrected chi connectivity index (χ4v) is 2.66. The molecule has 1 aliphatic heterocycles. The van der Waals surface area contributed by atoms with Gasteiger partial charge in [-0.2, -0.15) is 5.26 Å². The molecule has 1 aliphatic rings. The summed E-state index contributed by atoms with van der Waals surface area (Å²) in [5, 5.41) is 9.36. The molecule has 3 rings (SSSR count). The number of furan rings is 1. The van der Waals surface area contributed by atoms with Gasteiger partial charge in [-0.25, -0.2) is 4.39 Å². The van der Waals surface area contributed by atoms with Crippen LogP contribution in [0.2, 0.25) is 0 Å². The Morgan fingerprint density at radius 3 is 2.38 bits per heavy atom. The molecule has 5 heteroatoms. The Labute approximate surface area is 123 Å². The van der Waals surface area contributed by atoms with Crippen molar-refractivity contribution < 1.29 is 8.81 Å². The van der Waals surface area contributed by atoms with Crippen molar-refractivity contribution in [2.24, 2.45) is 0 Å². The summed E-state index contributed by atoms with van der Waals surface area (Å²) in [6.07, 6.45) is 1.59. The summed E-state index contributed by atoms with van der Waals surface area (Å²) in [6.45, 7) is 3.17. The van der Waals surface area contributed by atoms with Gasteiger partial charge in [-0.1, -0.05) is 0 Å². The first-order valence-corrected chi connectivity index (χ1v) is 6.95. The van der Waals surface area contributed by atoms with Crippen LogP contribution in [-0.2, 0) is 0 Å². The maximum atomic E-state index is 13.0. The smallest absolute Gasteiger partial charge is 0.156 e. The molecule has 2 aromatic rings. The molecule has 0 spiro atoms. The van der Waals surface area contributed by atoms with Crippen LogP contribution in [-0.4, -0.2) is 31.1 Å². The van der Waals surface area contributed by atoms with Crippen molar-refractivity contribution in [1.82, 2.24) is 4.90 Å². The average molecular weight is 285 g/mol. The van der Waals surface area contributed by atoms with Crippen LogP contribution in [0, 0.1) is 17.1 Å². The van der Waals surface area contributed by atoms with Gasteiger partial charge in [0.05, 0.1) is 12.3 Å². The lowest BCUT2D eigenvalue weighted by atomic mass is 10.1. The van der Waals surface area contributed by atoms with E-state index in [0.717, 1.165) is 31.9 Å². The van der Waals surface area contributed by atoms with Gasteiger partial charge in [0.25, 0.3) is 0 Å². The number of piperazine rings is 1. The van der Waals surface area contributed by atoms with Gasteiger partial charge in [-0.15, -0.1) is 0 Å². The molecule has 0 bridgehead atoms. The van der Waals surface area contributed by atoms with Crippen LogP contribution < -0.4 is 4.90 Å². The molecule has 21 heavy (non-hydrogen) atoms. The van der Waals surface area contributed by atoms with Crippen molar-refractivity contribution in [2.45, 2.75) is 6.04 Å². The molecule has 0 amide bonds. The second kappa shape index (κ2) is 5.98. The van der Waals surface area contributed by atoms with E-state index in [2.05, 4.69) is 15.9 Å². The van der Waals surface area contributed by atoms with E-state index in [1.165, 1.54) is 12.1 Å². The Kier molecular flexibility index (Phi) is 3.89. The molecular formula is C16H16FN3O. The standard InChI is InChI=1S/C16H16FN3O/c17-13-3-5-14(6-4-13)19-7-9-20(10-8-19)15(12-18)16-2-1-11-21-16/h1-6,11,15H,7-10H2. The van der Waals surface area contributed by atoms with Gasteiger partial charge in [0.1, 0.15) is 11.6 Å². The van der Waals surface area contributed by atoms with E-state index in [-0.39, 0.29) is 11.9 Å². The Hall–Kier alpha value is -2.32. The summed E-state index contributed by atoms with van der Waals surface area (Å²) >= 11 is 0. The topological polar surface area (TPSA) is 43.4 Å². The quantitative estimate of drug-likeness (QED) is 0.869. The fourth-order valence-electron chi connectivity index (χ4n) is 2.66. The largest absolute Gasteiger partial charge is 0.467 e. The normalized spacial score (nSPS) is 17.4. The highest BCUT2D eigenvalue weighted by atomic mass is 19.1. The molecule has 0 N–H and O–H groups in total. The van der Waals surface area contributed by atoms with Crippen LogP contribution in [0.3, 0.4) is 0 Å². The van der Waals surface area contributed by atoms with Crippen molar-refractivity contribution >= 4 is 5.69 Å². The van der Waals surface area contributed by atoms with E-state index in [1.54, 1.807) is 24.5 Å². The van der Waals surface area contributed by atoms with Gasteiger partial charge < -0.3 is 9.32 Å². The summed E-state index contributed by atoms with van der Waals surface area (Å²) in [6, 6.07) is 12.1. The van der Waals surface area contributed by atoms with Gasteiger partial charge in [0.2, 0.25) is 0 Å². The first-order chi connectivity index (χ1) is 10.3. The van der Waals surface area contributed by atoms with Gasteiger partial charge in [-0.05, 0) is 36.4 Å². The van der Waals surface area contributed by atoms with Crippen LogP contribution in [0.4, 0.5) is 10.1 Å². The molecule has 1 fully saturated rings. The minimum absolute atomic E-state index is 0.222. The summed E-state index contributed by atoms with van der Waals surface area (Å²) in [4.78, 5) is 4.31. The highest BCUT2D eigenvalue weighted by Gasteiger charge is 2.26. The molecule has 4 nitrogen and oxygen atoms in total. The molecule has 1 aromatic carbocycles. The monoisotopic (exact) mass is 285 g/mol. The Morgan fingerprint density at radius 2 is 1.81 bits per heavy atom. The van der Waals surface area contributed by atoms with Crippen LogP contribution in [0.25, 0.3) is 0 Å². The van der Waals surface area contributed by atoms with Gasteiger partial charge in [0, 0.05) is 31.9 Å². The number of hydrogen-bond acceptors (Lipinski definition) is 4. The van der Waals surface area contributed by atoms with E-state index in [9.17, 15) is 9.65 Å². The van der Waals surface area contributed by atoms with Crippen molar-refractivity contribution in [2.75, 3.05) is 31.1 Å². The zero-order valence-electron chi connectivity index (χ0n) is 11.6. The number of halogens is 1. The first kappa shape index (κ1) is 13.7. The maximum absolute atomic E-state index is 13.0. The number of nitrogens with zero attached hydrogens (tertiary/aromatic N) is 3. The molecule has 108 valence electrons. The van der Waals surface area contributed by atoms with Crippen LogP contribution in [0.1, 0.15) is 11.8 Å². The summed E-state index contributed by atoms with van der Waals surface area (Å²) in [5.41, 5.74) is 1.02. The summed E-state index contributed by atoms with van der Waals surface area (Å²) in [7, 11) is 0. The number of nitriles is 1. The SMILES string of the molecule is N#CC(c1ccco1)N1CCN(c2ccc(F)cc2)CC1. The Balaban J connectivity index is 1.65. The minimum atomic E-state index is -0.338. The molecule has 1 aromatic heterocycles. The third kappa shape index (κ3) is 2.91. The Morgan fingerprint density at radius 1 is 1.10 bits per heavy atom. The molecule has 1 saturated heterocycles. The molecule has 0 saturated carbocycles. The highest BCUT2D eigenvalue weighted by Crippen LogP contribution is 2.24. The fraction of sp³-hybridized carbons (Fsp3) is 0.312. The lowest BCUT2D eigenvalue weighted by Crippen LogP contribution is -2.47. The average Bonchev–Trinajstić information content (AvgIpc) is 3.04. The summed E-state index contributed by atoms with van der Waals surface area (Å²) in [5.74, 6) is 0.465. The zero-order chi connectivity index (χ0) is 14.7. The van der Waals surface area contributed by atoms with Crippen molar-refractivity contribution in [3.05, 3.63) is 54.2 Å². The van der Waals surface area contributed by atoms with Crippen molar-refractivity contribution in [3.63, 3.8) is 0 Å². The van der Waals surface area contributed by atoms with Gasteiger partial charge in [-0.3, -0.25) is 4.90 Å². The molecule has 0 radical (unpaired) electrons. The van der Waals surface area contributed by atoms with Gasteiger partial charge >= 0.3 is 0 Å². The third-order valence-electron chi connectivity index (χ3n) is 3.81. The zero-order valence-corrected chi connectivity index (χ0v) is 11.6. The second-order valence-electron chi connectivity index (χ2n) is 5.05. The van der Waals surface area contributed by atoms with Crippen LogP contribution >= 0.6 is 0 Å². The number of anilines is 1. The van der Waals surface area contributed by atoms with E-state index in [0.29, 0.717) is 5.76 Å². The summed E-state index contributed by atoms with van der Waals surface area (Å²) < 4.78 is 18.3. The molecule has 1 atom stereocenters. The number of rotatable bonds is 3. The van der Waals surface area contributed by atoms with Crippen molar-refractivity contribution in [3.8, 4) is 6.07 Å². The molecule has 2 heterocycles. The lowest BCUT2D eigenvalue weighted by molar-refractivity contribution is 0.202. The molecule has 0 aliphatic carbocycles. The molecular weight excluding hydrogens is 269 g/mol. The van der Waals surface area contributed by atoms with Crippen molar-refractivity contribution in [1.29, 1.82) is 5.26 Å². The molecule has 1 unspecified atom stereocenters. The van der Waals surface area contributed by atoms with E-state index < -0.39 is 0 Å². The lowest BCUT2D eigenvalue weighted by Gasteiger charge is -2.37. The van der Waals surface area contributed by atoms with Gasteiger partial charge in [0.15, 0.2) is 6.04 Å². The second-order valence-corrected chi connectivity index (χ2v) is 5.05. The third-order valence-corrected chi connectivity index (χ3v) is 3.81. The minimum Gasteiger partial charge on any atom is -0.467 e. The van der Waals surface area contributed by atoms with E-state index >= 15 is 0 Å². The Bertz CT molecular complexity index is 610. The van der Waals surface area contributed by atoms with E-state index in [4.69, 9.17) is 4.42 Å². The predicted molar refractivity (Wildman–Crippen MR) is 77.2 cm³/mol.